The average Bonchev–Trinajstić information content (AvgIpc) is 2.14. The standard InChI is InChI=1S/C13H20O2/c1-5-9-15-13(14)10-12(4)8-6-7-11(2)3/h1,7,12H,6,8-10H2,2-4H3. The fourth-order valence-corrected chi connectivity index (χ4v) is 1.22. The van der Waals surface area contributed by atoms with Gasteiger partial charge in [-0.3, -0.25) is 4.79 Å². The second kappa shape index (κ2) is 8.11. The van der Waals surface area contributed by atoms with Crippen molar-refractivity contribution >= 4 is 5.97 Å². The summed E-state index contributed by atoms with van der Waals surface area (Å²) in [6, 6.07) is 0. The van der Waals surface area contributed by atoms with Crippen LogP contribution in [0.4, 0.5) is 0 Å². The van der Waals surface area contributed by atoms with Gasteiger partial charge in [0.05, 0.1) is 0 Å². The molecule has 0 heterocycles. The Balaban J connectivity index is 3.65. The molecule has 0 aromatic carbocycles. The van der Waals surface area contributed by atoms with E-state index < -0.39 is 0 Å². The van der Waals surface area contributed by atoms with Crippen molar-refractivity contribution in [2.45, 2.75) is 40.0 Å². The van der Waals surface area contributed by atoms with Crippen LogP contribution in [0.15, 0.2) is 11.6 Å². The molecule has 0 aliphatic heterocycles. The van der Waals surface area contributed by atoms with Crippen molar-refractivity contribution in [2.75, 3.05) is 6.61 Å². The highest BCUT2D eigenvalue weighted by Crippen LogP contribution is 2.12. The average molecular weight is 208 g/mol. The Morgan fingerprint density at radius 1 is 1.53 bits per heavy atom. The van der Waals surface area contributed by atoms with Gasteiger partial charge in [0.15, 0.2) is 6.61 Å². The number of carbonyl (C=O) groups excluding carboxylic acids is 1. The summed E-state index contributed by atoms with van der Waals surface area (Å²) in [6.45, 7) is 6.28. The number of terminal acetylenes is 1. The predicted molar refractivity (Wildman–Crippen MR) is 62.2 cm³/mol. The predicted octanol–water partition coefficient (Wildman–Crippen LogP) is 2.94. The van der Waals surface area contributed by atoms with Crippen LogP contribution in [0.3, 0.4) is 0 Å². The molecule has 0 amide bonds. The first-order chi connectivity index (χ1) is 7.06. The first-order valence-electron chi connectivity index (χ1n) is 5.28. The van der Waals surface area contributed by atoms with E-state index in [0.29, 0.717) is 12.3 Å². The maximum Gasteiger partial charge on any atom is 0.307 e. The van der Waals surface area contributed by atoms with Gasteiger partial charge in [0.25, 0.3) is 0 Å². The van der Waals surface area contributed by atoms with Crippen molar-refractivity contribution in [3.63, 3.8) is 0 Å². The van der Waals surface area contributed by atoms with E-state index >= 15 is 0 Å². The van der Waals surface area contributed by atoms with Gasteiger partial charge in [0.1, 0.15) is 0 Å². The Bertz CT molecular complexity index is 254. The summed E-state index contributed by atoms with van der Waals surface area (Å²) in [7, 11) is 0. The third-order valence-electron chi connectivity index (χ3n) is 2.04. The summed E-state index contributed by atoms with van der Waals surface area (Å²) in [4.78, 5) is 11.2. The highest BCUT2D eigenvalue weighted by atomic mass is 16.5. The SMILES string of the molecule is C#CCOC(=O)CC(C)CCC=C(C)C. The Morgan fingerprint density at radius 2 is 2.20 bits per heavy atom. The van der Waals surface area contributed by atoms with Crippen LogP contribution in [-0.2, 0) is 9.53 Å². The van der Waals surface area contributed by atoms with Crippen LogP contribution in [0, 0.1) is 18.3 Å². The molecule has 0 radical (unpaired) electrons. The topological polar surface area (TPSA) is 26.3 Å². The van der Waals surface area contributed by atoms with E-state index in [9.17, 15) is 4.79 Å². The van der Waals surface area contributed by atoms with Gasteiger partial charge >= 0.3 is 5.97 Å². The summed E-state index contributed by atoms with van der Waals surface area (Å²) in [5.41, 5.74) is 1.32. The lowest BCUT2D eigenvalue weighted by atomic mass is 10.0. The molecule has 0 fully saturated rings. The second-order valence-electron chi connectivity index (χ2n) is 4.03. The minimum absolute atomic E-state index is 0.0829. The molecule has 0 aliphatic rings. The van der Waals surface area contributed by atoms with Crippen LogP contribution in [0.2, 0.25) is 0 Å². The van der Waals surface area contributed by atoms with E-state index in [1.807, 2.05) is 0 Å². The van der Waals surface area contributed by atoms with Crippen LogP contribution in [0.1, 0.15) is 40.0 Å². The van der Waals surface area contributed by atoms with Crippen molar-refractivity contribution in [3.05, 3.63) is 11.6 Å². The zero-order valence-electron chi connectivity index (χ0n) is 9.88. The van der Waals surface area contributed by atoms with Gasteiger partial charge in [-0.2, -0.15) is 0 Å². The lowest BCUT2D eigenvalue weighted by Gasteiger charge is -2.08. The Hall–Kier alpha value is -1.23. The maximum absolute atomic E-state index is 11.2. The summed E-state index contributed by atoms with van der Waals surface area (Å²) in [5.74, 6) is 2.43. The van der Waals surface area contributed by atoms with E-state index in [-0.39, 0.29) is 12.6 Å². The highest BCUT2D eigenvalue weighted by Gasteiger charge is 2.08. The molecule has 0 aliphatic carbocycles. The van der Waals surface area contributed by atoms with Crippen molar-refractivity contribution in [3.8, 4) is 12.3 Å². The van der Waals surface area contributed by atoms with E-state index in [1.54, 1.807) is 0 Å². The third kappa shape index (κ3) is 9.08. The van der Waals surface area contributed by atoms with Gasteiger partial charge in [-0.15, -0.1) is 6.42 Å². The first-order valence-corrected chi connectivity index (χ1v) is 5.28. The van der Waals surface area contributed by atoms with Gasteiger partial charge in [-0.1, -0.05) is 24.5 Å². The maximum atomic E-state index is 11.2. The molecule has 0 aromatic heterocycles. The summed E-state index contributed by atoms with van der Waals surface area (Å²) < 4.78 is 4.80. The van der Waals surface area contributed by atoms with Gasteiger partial charge in [-0.25, -0.2) is 0 Å². The van der Waals surface area contributed by atoms with Crippen LogP contribution >= 0.6 is 0 Å². The van der Waals surface area contributed by atoms with Crippen molar-refractivity contribution < 1.29 is 9.53 Å². The molecule has 0 aromatic rings. The molecule has 2 heteroatoms. The highest BCUT2D eigenvalue weighted by molar-refractivity contribution is 5.69. The molecule has 2 nitrogen and oxygen atoms in total. The van der Waals surface area contributed by atoms with Crippen LogP contribution in [0.25, 0.3) is 0 Å². The van der Waals surface area contributed by atoms with E-state index in [4.69, 9.17) is 11.2 Å². The van der Waals surface area contributed by atoms with Gasteiger partial charge < -0.3 is 4.74 Å². The van der Waals surface area contributed by atoms with Gasteiger partial charge in [0.2, 0.25) is 0 Å². The van der Waals surface area contributed by atoms with E-state index in [2.05, 4.69) is 32.8 Å². The van der Waals surface area contributed by atoms with Crippen molar-refractivity contribution in [1.82, 2.24) is 0 Å². The molecule has 1 atom stereocenters. The van der Waals surface area contributed by atoms with E-state index in [1.165, 1.54) is 5.57 Å². The number of carbonyl (C=O) groups is 1. The van der Waals surface area contributed by atoms with Crippen LogP contribution in [-0.4, -0.2) is 12.6 Å². The molecule has 0 saturated carbocycles. The largest absolute Gasteiger partial charge is 0.452 e. The lowest BCUT2D eigenvalue weighted by Crippen LogP contribution is -2.09. The number of hydrogen-bond donors (Lipinski definition) is 0. The molecule has 0 rings (SSSR count). The molecule has 0 saturated heterocycles. The minimum Gasteiger partial charge on any atom is -0.452 e. The lowest BCUT2D eigenvalue weighted by molar-refractivity contribution is -0.143. The summed E-state index contributed by atoms with van der Waals surface area (Å²) >= 11 is 0. The van der Waals surface area contributed by atoms with E-state index in [0.717, 1.165) is 12.8 Å². The van der Waals surface area contributed by atoms with Gasteiger partial charge in [0, 0.05) is 6.42 Å². The molecule has 15 heavy (non-hydrogen) atoms. The molecule has 0 bridgehead atoms. The van der Waals surface area contributed by atoms with Crippen LogP contribution < -0.4 is 0 Å². The quantitative estimate of drug-likeness (QED) is 0.381. The van der Waals surface area contributed by atoms with Crippen molar-refractivity contribution in [2.24, 2.45) is 5.92 Å². The van der Waals surface area contributed by atoms with Gasteiger partial charge in [-0.05, 0) is 32.6 Å². The minimum atomic E-state index is -0.197. The number of allylic oxidation sites excluding steroid dienone is 2. The molecule has 0 N–H and O–H groups in total. The molecular formula is C13H20O2. The zero-order chi connectivity index (χ0) is 11.7. The number of rotatable bonds is 6. The monoisotopic (exact) mass is 208 g/mol. The molecular weight excluding hydrogens is 188 g/mol. The smallest absolute Gasteiger partial charge is 0.307 e. The Labute approximate surface area is 92.7 Å². The van der Waals surface area contributed by atoms with Crippen LogP contribution in [0.5, 0.6) is 0 Å². The fraction of sp³-hybridized carbons (Fsp3) is 0.615. The number of hydrogen-bond acceptors (Lipinski definition) is 2. The first kappa shape index (κ1) is 13.8. The van der Waals surface area contributed by atoms with Crippen molar-refractivity contribution in [1.29, 1.82) is 0 Å². The number of esters is 1. The normalized spacial score (nSPS) is 11.3. The molecule has 0 spiro atoms. The second-order valence-corrected chi connectivity index (χ2v) is 4.03. The summed E-state index contributed by atoms with van der Waals surface area (Å²) in [6.07, 6.45) is 9.66. The third-order valence-corrected chi connectivity index (χ3v) is 2.04. The summed E-state index contributed by atoms with van der Waals surface area (Å²) in [5, 5.41) is 0. The zero-order valence-corrected chi connectivity index (χ0v) is 9.88. The molecule has 1 unspecified atom stereocenters. The fourth-order valence-electron chi connectivity index (χ4n) is 1.22. The Morgan fingerprint density at radius 3 is 2.73 bits per heavy atom. The Kier molecular flexibility index (Phi) is 7.44. The molecule has 84 valence electrons. The number of ether oxygens (including phenoxy) is 1.